The lowest BCUT2D eigenvalue weighted by Gasteiger charge is -2.05. The first-order chi connectivity index (χ1) is 9.41. The van der Waals surface area contributed by atoms with E-state index in [1.54, 1.807) is 0 Å². The fourth-order valence-corrected chi connectivity index (χ4v) is 0.853. The van der Waals surface area contributed by atoms with Crippen LogP contribution in [-0.4, -0.2) is 53.8 Å². The Morgan fingerprint density at radius 2 is 1.35 bits per heavy atom. The molecule has 0 saturated heterocycles. The topological polar surface area (TPSA) is 142 Å². The van der Waals surface area contributed by atoms with Crippen LogP contribution in [0.1, 0.15) is 0 Å². The second kappa shape index (κ2) is 10.3. The van der Waals surface area contributed by atoms with Crippen molar-refractivity contribution >= 4 is 23.8 Å². The molecule has 0 spiro atoms. The van der Waals surface area contributed by atoms with Gasteiger partial charge in [0.05, 0.1) is 6.61 Å². The van der Waals surface area contributed by atoms with Crippen LogP contribution in [0.15, 0.2) is 24.3 Å². The molecule has 20 heavy (non-hydrogen) atoms. The number of amides is 2. The molecular weight excluding hydrogens is 272 g/mol. The summed E-state index contributed by atoms with van der Waals surface area (Å²) in [5.41, 5.74) is 0. The van der Waals surface area contributed by atoms with Crippen molar-refractivity contribution in [2.24, 2.45) is 0 Å². The third-order valence-electron chi connectivity index (χ3n) is 1.65. The summed E-state index contributed by atoms with van der Waals surface area (Å²) in [5, 5.41) is 21.1. The zero-order valence-corrected chi connectivity index (χ0v) is 10.4. The zero-order valence-electron chi connectivity index (χ0n) is 10.4. The summed E-state index contributed by atoms with van der Waals surface area (Å²) >= 11 is 0. The van der Waals surface area contributed by atoms with Gasteiger partial charge in [-0.2, -0.15) is 0 Å². The Kier molecular flexibility index (Phi) is 8.89. The molecule has 2 amide bonds. The average molecular weight is 286 g/mol. The molecule has 0 heterocycles. The quantitative estimate of drug-likeness (QED) is 0.229. The molecule has 4 N–H and O–H groups in total. The molecule has 0 aliphatic heterocycles. The zero-order chi connectivity index (χ0) is 15.4. The summed E-state index contributed by atoms with van der Waals surface area (Å²) in [7, 11) is 0. The lowest BCUT2D eigenvalue weighted by Crippen LogP contribution is -2.29. The molecule has 9 heteroatoms. The summed E-state index contributed by atoms with van der Waals surface area (Å²) in [5.74, 6) is -3.67. The van der Waals surface area contributed by atoms with Crippen molar-refractivity contribution < 1.29 is 34.1 Å². The van der Waals surface area contributed by atoms with E-state index >= 15 is 0 Å². The van der Waals surface area contributed by atoms with Crippen LogP contribution < -0.4 is 10.6 Å². The Morgan fingerprint density at radius 3 is 1.85 bits per heavy atom. The van der Waals surface area contributed by atoms with Crippen LogP contribution in [0.2, 0.25) is 0 Å². The molecule has 0 atom stereocenters. The first kappa shape index (κ1) is 17.3. The molecule has 9 nitrogen and oxygen atoms in total. The molecule has 0 bridgehead atoms. The van der Waals surface area contributed by atoms with Crippen LogP contribution in [0.4, 0.5) is 0 Å². The Morgan fingerprint density at radius 1 is 0.850 bits per heavy atom. The van der Waals surface area contributed by atoms with Gasteiger partial charge in [-0.3, -0.25) is 9.59 Å². The first-order valence-corrected chi connectivity index (χ1v) is 5.37. The van der Waals surface area contributed by atoms with E-state index in [1.807, 2.05) is 0 Å². The summed E-state index contributed by atoms with van der Waals surface area (Å²) in [6.45, 7) is 0.0723. The van der Waals surface area contributed by atoms with E-state index in [0.29, 0.717) is 12.2 Å². The van der Waals surface area contributed by atoms with Crippen LogP contribution in [0.3, 0.4) is 0 Å². The van der Waals surface area contributed by atoms with Gasteiger partial charge in [-0.15, -0.1) is 0 Å². The minimum Gasteiger partial charge on any atom is -0.478 e. The first-order valence-electron chi connectivity index (χ1n) is 5.37. The predicted octanol–water partition coefficient (Wildman–Crippen LogP) is -1.53. The highest BCUT2D eigenvalue weighted by Crippen LogP contribution is 1.77. The van der Waals surface area contributed by atoms with E-state index in [2.05, 4.69) is 10.6 Å². The van der Waals surface area contributed by atoms with Crippen LogP contribution in [0.25, 0.3) is 0 Å². The third kappa shape index (κ3) is 11.8. The SMILES string of the molecule is O=C(O)C=CC(=O)NCOCCNC(=O)/C=C\C(=O)O. The van der Waals surface area contributed by atoms with Crippen molar-refractivity contribution in [2.75, 3.05) is 19.9 Å². The lowest BCUT2D eigenvalue weighted by molar-refractivity contribution is -0.132. The molecule has 0 saturated carbocycles. The van der Waals surface area contributed by atoms with Gasteiger partial charge in [0.1, 0.15) is 6.73 Å². The standard InChI is InChI=1S/C11H14N2O7/c14-8(1-3-10(16)17)12-5-6-20-7-13-9(15)2-4-11(18)19/h1-4H,5-7H2,(H,12,14)(H,13,15)(H,16,17)(H,18,19)/b3-1-,4-2?. The van der Waals surface area contributed by atoms with E-state index in [-0.39, 0.29) is 19.9 Å². The molecule has 0 rings (SSSR count). The van der Waals surface area contributed by atoms with Gasteiger partial charge in [0.15, 0.2) is 0 Å². The van der Waals surface area contributed by atoms with Crippen molar-refractivity contribution in [1.82, 2.24) is 10.6 Å². The maximum Gasteiger partial charge on any atom is 0.328 e. The molecular formula is C11H14N2O7. The van der Waals surface area contributed by atoms with E-state index in [0.717, 1.165) is 12.2 Å². The molecule has 110 valence electrons. The molecule has 0 aromatic rings. The van der Waals surface area contributed by atoms with Crippen LogP contribution >= 0.6 is 0 Å². The highest BCUT2D eigenvalue weighted by molar-refractivity contribution is 5.94. The fraction of sp³-hybridized carbons (Fsp3) is 0.273. The number of ether oxygens (including phenoxy) is 1. The minimum absolute atomic E-state index is 0.0928. The number of carbonyl (C=O) groups is 4. The highest BCUT2D eigenvalue weighted by atomic mass is 16.5. The summed E-state index contributed by atoms with van der Waals surface area (Å²) in [4.78, 5) is 42.1. The maximum atomic E-state index is 11.0. The minimum atomic E-state index is -1.24. The Balaban J connectivity index is 3.58. The van der Waals surface area contributed by atoms with E-state index in [9.17, 15) is 19.2 Å². The number of aliphatic carboxylic acids is 2. The maximum absolute atomic E-state index is 11.0. The number of nitrogens with one attached hydrogen (secondary N) is 2. The molecule has 0 aliphatic rings. The molecule has 0 unspecified atom stereocenters. The van der Waals surface area contributed by atoms with Gasteiger partial charge in [-0.05, 0) is 0 Å². The molecule has 0 fully saturated rings. The van der Waals surface area contributed by atoms with Gasteiger partial charge >= 0.3 is 11.9 Å². The molecule has 0 aromatic heterocycles. The largest absolute Gasteiger partial charge is 0.478 e. The van der Waals surface area contributed by atoms with Gasteiger partial charge in [0.2, 0.25) is 11.8 Å². The van der Waals surface area contributed by atoms with Crippen molar-refractivity contribution in [2.45, 2.75) is 0 Å². The summed E-state index contributed by atoms with van der Waals surface area (Å²) in [6, 6.07) is 0. The van der Waals surface area contributed by atoms with Crippen molar-refractivity contribution in [3.05, 3.63) is 24.3 Å². The molecule has 0 aliphatic carbocycles. The average Bonchev–Trinajstić information content (AvgIpc) is 2.37. The van der Waals surface area contributed by atoms with Gasteiger partial charge in [-0.1, -0.05) is 0 Å². The number of carbonyl (C=O) groups excluding carboxylic acids is 2. The Hall–Kier alpha value is -2.68. The van der Waals surface area contributed by atoms with Crippen LogP contribution in [-0.2, 0) is 23.9 Å². The predicted molar refractivity (Wildman–Crippen MR) is 65.5 cm³/mol. The number of rotatable bonds is 9. The summed E-state index contributed by atoms with van der Waals surface area (Å²) in [6.07, 6.45) is 3.08. The van der Waals surface area contributed by atoms with Crippen LogP contribution in [0.5, 0.6) is 0 Å². The second-order valence-corrected chi connectivity index (χ2v) is 3.23. The molecule has 0 radical (unpaired) electrons. The Bertz CT molecular complexity index is 388. The van der Waals surface area contributed by atoms with Gasteiger partial charge in [-0.25, -0.2) is 9.59 Å². The Labute approximate surface area is 113 Å². The van der Waals surface area contributed by atoms with Crippen LogP contribution in [0, 0.1) is 0 Å². The van der Waals surface area contributed by atoms with E-state index in [4.69, 9.17) is 14.9 Å². The normalized spacial score (nSPS) is 10.6. The number of carboxylic acid groups (broad SMARTS) is 2. The summed E-state index contributed by atoms with van der Waals surface area (Å²) < 4.78 is 4.92. The fourth-order valence-electron chi connectivity index (χ4n) is 0.853. The van der Waals surface area contributed by atoms with E-state index < -0.39 is 23.8 Å². The number of carboxylic acids is 2. The van der Waals surface area contributed by atoms with Crippen molar-refractivity contribution in [3.63, 3.8) is 0 Å². The van der Waals surface area contributed by atoms with E-state index in [1.165, 1.54) is 0 Å². The van der Waals surface area contributed by atoms with Gasteiger partial charge in [0.25, 0.3) is 0 Å². The smallest absolute Gasteiger partial charge is 0.328 e. The van der Waals surface area contributed by atoms with Crippen molar-refractivity contribution in [1.29, 1.82) is 0 Å². The monoisotopic (exact) mass is 286 g/mol. The van der Waals surface area contributed by atoms with Crippen molar-refractivity contribution in [3.8, 4) is 0 Å². The lowest BCUT2D eigenvalue weighted by atomic mass is 10.4. The number of hydrogen-bond acceptors (Lipinski definition) is 5. The highest BCUT2D eigenvalue weighted by Gasteiger charge is 1.98. The third-order valence-corrected chi connectivity index (χ3v) is 1.65. The second-order valence-electron chi connectivity index (χ2n) is 3.23. The molecule has 0 aromatic carbocycles. The van der Waals surface area contributed by atoms with Gasteiger partial charge < -0.3 is 25.6 Å². The number of hydrogen-bond donors (Lipinski definition) is 4. The van der Waals surface area contributed by atoms with Gasteiger partial charge in [0, 0.05) is 30.8 Å².